The van der Waals surface area contributed by atoms with Gasteiger partial charge in [0.05, 0.1) is 5.69 Å². The Morgan fingerprint density at radius 3 is 2.58 bits per heavy atom. The van der Waals surface area contributed by atoms with E-state index in [0.29, 0.717) is 23.2 Å². The Morgan fingerprint density at radius 1 is 1.13 bits per heavy atom. The molecule has 1 saturated heterocycles. The number of nitrogens with zero attached hydrogens (tertiary/aromatic N) is 3. The van der Waals surface area contributed by atoms with Gasteiger partial charge in [0.2, 0.25) is 0 Å². The first kappa shape index (κ1) is 20.9. The van der Waals surface area contributed by atoms with E-state index in [1.165, 1.54) is 11.0 Å². The minimum absolute atomic E-state index is 0. The van der Waals surface area contributed by atoms with E-state index in [4.69, 9.17) is 9.15 Å². The molecular weight excluding hydrogens is 397 g/mol. The number of para-hydroxylation sites is 1. The van der Waals surface area contributed by atoms with Crippen LogP contribution < -0.4 is 14.5 Å². The summed E-state index contributed by atoms with van der Waals surface area (Å²) in [5, 5.41) is 0. The Bertz CT molecular complexity index is 1060. The normalized spacial score (nSPS) is 16.0. The van der Waals surface area contributed by atoms with Gasteiger partial charge in [-0.05, 0) is 56.9 Å². The van der Waals surface area contributed by atoms with Crippen LogP contribution >= 0.6 is 0 Å². The van der Waals surface area contributed by atoms with Crippen LogP contribution in [0.1, 0.15) is 18.4 Å². The van der Waals surface area contributed by atoms with Gasteiger partial charge < -0.3 is 23.9 Å². The highest BCUT2D eigenvalue weighted by Crippen LogP contribution is 2.30. The largest absolute Gasteiger partial charge is 0.426 e. The molecule has 1 aliphatic heterocycles. The molecule has 0 N–H and O–H groups in total. The molecule has 1 aliphatic rings. The third-order valence-corrected chi connectivity index (χ3v) is 5.61. The van der Waals surface area contributed by atoms with Crippen molar-refractivity contribution in [3.8, 4) is 11.7 Å². The van der Waals surface area contributed by atoms with Crippen molar-refractivity contribution < 1.29 is 19.8 Å². The van der Waals surface area contributed by atoms with E-state index >= 15 is 0 Å². The third-order valence-electron chi connectivity index (χ3n) is 5.61. The van der Waals surface area contributed by atoms with Crippen molar-refractivity contribution in [2.45, 2.75) is 12.5 Å². The second-order valence-corrected chi connectivity index (χ2v) is 7.89. The van der Waals surface area contributed by atoms with Gasteiger partial charge in [0.1, 0.15) is 11.6 Å². The van der Waals surface area contributed by atoms with Crippen LogP contribution in [-0.2, 0) is 0 Å². The van der Waals surface area contributed by atoms with Crippen LogP contribution in [0.5, 0.6) is 11.7 Å². The zero-order chi connectivity index (χ0) is 22.0. The number of halogens is 1. The summed E-state index contributed by atoms with van der Waals surface area (Å²) in [6.07, 6.45) is 0.998. The number of rotatable bonds is 6. The smallest absolute Gasteiger partial charge is 0.293 e. The summed E-state index contributed by atoms with van der Waals surface area (Å²) < 4.78 is 26.0. The summed E-state index contributed by atoms with van der Waals surface area (Å²) in [7, 11) is 5.67. The fourth-order valence-electron chi connectivity index (χ4n) is 3.72. The van der Waals surface area contributed by atoms with Gasteiger partial charge in [-0.15, -0.1) is 0 Å². The molecule has 1 amide bonds. The van der Waals surface area contributed by atoms with Crippen LogP contribution in [-0.4, -0.2) is 51.1 Å². The fourth-order valence-corrected chi connectivity index (χ4v) is 3.72. The van der Waals surface area contributed by atoms with E-state index in [9.17, 15) is 9.18 Å². The first-order chi connectivity index (χ1) is 14.9. The van der Waals surface area contributed by atoms with Crippen molar-refractivity contribution in [2.75, 3.05) is 44.0 Å². The molecule has 2 aromatic carbocycles. The minimum atomic E-state index is -0.385. The average Bonchev–Trinajstić information content (AvgIpc) is 3.43. The lowest BCUT2D eigenvalue weighted by Crippen LogP contribution is -2.31. The first-order valence-electron chi connectivity index (χ1n) is 10.2. The van der Waals surface area contributed by atoms with Crippen LogP contribution in [0, 0.1) is 5.82 Å². The molecule has 0 bridgehead atoms. The highest BCUT2D eigenvalue weighted by atomic mass is 19.1. The standard InChI is InChI=1S/C24H26FN3O3.H2/c1-26(2)18-13-14-28(16-18)21-10-9-17(15-20(21)25)27(3)24(29)22-11-12-23(31-22)30-19-7-5-4-6-8-19;/h4-12,15,18H,13-14,16H2,1-3H3;1H. The van der Waals surface area contributed by atoms with Crippen molar-refractivity contribution >= 4 is 17.3 Å². The number of carbonyl (C=O) groups excluding carboxylic acids is 1. The van der Waals surface area contributed by atoms with Gasteiger partial charge in [0.15, 0.2) is 5.76 Å². The Balaban J connectivity index is 0.00000289. The topological polar surface area (TPSA) is 49.2 Å². The molecule has 4 rings (SSSR count). The monoisotopic (exact) mass is 425 g/mol. The number of furan rings is 1. The number of anilines is 2. The zero-order valence-corrected chi connectivity index (χ0v) is 17.9. The first-order valence-corrected chi connectivity index (χ1v) is 10.2. The minimum Gasteiger partial charge on any atom is -0.426 e. The maximum Gasteiger partial charge on any atom is 0.293 e. The van der Waals surface area contributed by atoms with E-state index < -0.39 is 0 Å². The van der Waals surface area contributed by atoms with E-state index in [1.807, 2.05) is 37.2 Å². The van der Waals surface area contributed by atoms with Crippen LogP contribution in [0.4, 0.5) is 15.8 Å². The van der Waals surface area contributed by atoms with Crippen molar-refractivity contribution in [2.24, 2.45) is 0 Å². The average molecular weight is 426 g/mol. The number of ether oxygens (including phenoxy) is 1. The Hall–Kier alpha value is -3.32. The van der Waals surface area contributed by atoms with Crippen molar-refractivity contribution in [3.05, 3.63) is 72.2 Å². The Labute approximate surface area is 182 Å². The van der Waals surface area contributed by atoms with Gasteiger partial charge in [-0.3, -0.25) is 4.79 Å². The van der Waals surface area contributed by atoms with Crippen molar-refractivity contribution in [3.63, 3.8) is 0 Å². The maximum absolute atomic E-state index is 14.9. The molecule has 6 nitrogen and oxygen atoms in total. The number of hydrogen-bond acceptors (Lipinski definition) is 5. The van der Waals surface area contributed by atoms with Gasteiger partial charge in [-0.2, -0.15) is 0 Å². The summed E-state index contributed by atoms with van der Waals surface area (Å²) >= 11 is 0. The van der Waals surface area contributed by atoms with Crippen LogP contribution in [0.3, 0.4) is 0 Å². The molecule has 0 saturated carbocycles. The molecule has 1 unspecified atom stereocenters. The van der Waals surface area contributed by atoms with Gasteiger partial charge in [-0.25, -0.2) is 4.39 Å². The number of hydrogen-bond donors (Lipinski definition) is 0. The predicted octanol–water partition coefficient (Wildman–Crippen LogP) is 4.87. The maximum atomic E-state index is 14.9. The summed E-state index contributed by atoms with van der Waals surface area (Å²) in [6.45, 7) is 1.60. The second-order valence-electron chi connectivity index (χ2n) is 7.89. The van der Waals surface area contributed by atoms with Gasteiger partial charge in [-0.1, -0.05) is 18.2 Å². The fraction of sp³-hybridized carbons (Fsp3) is 0.292. The van der Waals surface area contributed by atoms with Gasteiger partial charge in [0, 0.05) is 39.4 Å². The van der Waals surface area contributed by atoms with E-state index in [-0.39, 0.29) is 24.9 Å². The zero-order valence-electron chi connectivity index (χ0n) is 17.9. The molecule has 0 radical (unpaired) electrons. The SMILES string of the molecule is CN(C(=O)c1ccc(Oc2ccccc2)o1)c1ccc(N2CCC(N(C)C)C2)c(F)c1.[HH]. The molecule has 0 spiro atoms. The lowest BCUT2D eigenvalue weighted by molar-refractivity contribution is 0.0961. The molecule has 164 valence electrons. The number of likely N-dealkylation sites (N-methyl/N-ethyl adjacent to an activating group) is 1. The van der Waals surface area contributed by atoms with E-state index in [0.717, 1.165) is 19.5 Å². The molecule has 1 fully saturated rings. The van der Waals surface area contributed by atoms with Crippen LogP contribution in [0.15, 0.2) is 65.1 Å². The molecule has 7 heteroatoms. The summed E-state index contributed by atoms with van der Waals surface area (Å²) in [5.74, 6) is 0.216. The molecule has 1 atom stereocenters. The molecular formula is C24H28FN3O3. The van der Waals surface area contributed by atoms with Gasteiger partial charge >= 0.3 is 0 Å². The molecule has 1 aromatic heterocycles. The molecule has 31 heavy (non-hydrogen) atoms. The predicted molar refractivity (Wildman–Crippen MR) is 121 cm³/mol. The molecule has 0 aliphatic carbocycles. The highest BCUT2D eigenvalue weighted by Gasteiger charge is 2.26. The van der Waals surface area contributed by atoms with Crippen molar-refractivity contribution in [1.82, 2.24) is 4.90 Å². The Morgan fingerprint density at radius 2 is 1.90 bits per heavy atom. The highest BCUT2D eigenvalue weighted by molar-refractivity contribution is 6.04. The summed E-state index contributed by atoms with van der Waals surface area (Å²) in [5.41, 5.74) is 1.02. The number of carbonyl (C=O) groups is 1. The summed E-state index contributed by atoms with van der Waals surface area (Å²) in [4.78, 5) is 18.4. The second kappa shape index (κ2) is 8.81. The number of benzene rings is 2. The van der Waals surface area contributed by atoms with E-state index in [1.54, 1.807) is 43.4 Å². The number of amides is 1. The quantitative estimate of drug-likeness (QED) is 0.564. The van der Waals surface area contributed by atoms with Crippen LogP contribution in [0.2, 0.25) is 0 Å². The van der Waals surface area contributed by atoms with Crippen LogP contribution in [0.25, 0.3) is 0 Å². The van der Waals surface area contributed by atoms with Gasteiger partial charge in [0.25, 0.3) is 11.9 Å². The van der Waals surface area contributed by atoms with Crippen molar-refractivity contribution in [1.29, 1.82) is 0 Å². The Kier molecular flexibility index (Phi) is 5.95. The third kappa shape index (κ3) is 4.56. The van der Waals surface area contributed by atoms with E-state index in [2.05, 4.69) is 4.90 Å². The lowest BCUT2D eigenvalue weighted by Gasteiger charge is -2.23. The molecule has 3 aromatic rings. The summed E-state index contributed by atoms with van der Waals surface area (Å²) in [6, 6.07) is 17.6. The lowest BCUT2D eigenvalue weighted by atomic mass is 10.2. The molecule has 2 heterocycles.